The SMILES string of the molecule is C=C/C=C\c1ccccc1N1/C=C(C/C=C\C(C)CN)\C=C/C(=C)C(=C)/C=C\c2cc(-c3cccc(C4C=CN4)c3)ccc21.CC. The third kappa shape index (κ3) is 8.53. The second-order valence-corrected chi connectivity index (χ2v) is 11.2. The van der Waals surface area contributed by atoms with Gasteiger partial charge in [0.05, 0.1) is 17.4 Å². The summed E-state index contributed by atoms with van der Waals surface area (Å²) >= 11 is 0. The smallest absolute Gasteiger partial charge is 0.0709 e. The van der Waals surface area contributed by atoms with Crippen LogP contribution in [0.5, 0.6) is 0 Å². The van der Waals surface area contributed by atoms with Gasteiger partial charge in [-0.2, -0.15) is 0 Å². The van der Waals surface area contributed by atoms with E-state index in [0.29, 0.717) is 12.5 Å². The lowest BCUT2D eigenvalue weighted by Crippen LogP contribution is -2.21. The molecule has 0 amide bonds. The maximum Gasteiger partial charge on any atom is 0.0709 e. The highest BCUT2D eigenvalue weighted by atomic mass is 15.1. The minimum absolute atomic E-state index is 0.262. The molecule has 3 aromatic rings. The molecule has 0 spiro atoms. The van der Waals surface area contributed by atoms with E-state index in [1.54, 1.807) is 6.08 Å². The van der Waals surface area contributed by atoms with Gasteiger partial charge in [-0.05, 0) is 100.0 Å². The van der Waals surface area contributed by atoms with Crippen molar-refractivity contribution in [1.82, 2.24) is 5.32 Å². The van der Waals surface area contributed by atoms with Crippen molar-refractivity contribution in [3.8, 4) is 11.1 Å². The second kappa shape index (κ2) is 16.8. The predicted molar refractivity (Wildman–Crippen MR) is 203 cm³/mol. The summed E-state index contributed by atoms with van der Waals surface area (Å²) in [5, 5.41) is 3.35. The average Bonchev–Trinajstić information content (AvgIpc) is 3.09. The molecule has 0 radical (unpaired) electrons. The summed E-state index contributed by atoms with van der Waals surface area (Å²) in [6.07, 6.45) is 25.8. The van der Waals surface area contributed by atoms with E-state index in [1.807, 2.05) is 26.1 Å². The summed E-state index contributed by atoms with van der Waals surface area (Å²) in [5.41, 5.74) is 16.7. The summed E-state index contributed by atoms with van der Waals surface area (Å²) in [6.45, 7) is 19.3. The first-order valence-electron chi connectivity index (χ1n) is 16.1. The highest BCUT2D eigenvalue weighted by Crippen LogP contribution is 2.37. The second-order valence-electron chi connectivity index (χ2n) is 11.2. The third-order valence-corrected chi connectivity index (χ3v) is 7.90. The molecule has 2 aliphatic heterocycles. The lowest BCUT2D eigenvalue weighted by atomic mass is 9.95. The monoisotopic (exact) mass is 605 g/mol. The zero-order valence-corrected chi connectivity index (χ0v) is 27.5. The number of anilines is 2. The fraction of sp³-hybridized carbons (Fsp3) is 0.163. The Morgan fingerprint density at radius 2 is 1.63 bits per heavy atom. The van der Waals surface area contributed by atoms with E-state index >= 15 is 0 Å². The molecular weight excluding hydrogens is 558 g/mol. The molecule has 0 bridgehead atoms. The number of rotatable bonds is 9. The van der Waals surface area contributed by atoms with Crippen LogP contribution in [0.3, 0.4) is 0 Å². The van der Waals surface area contributed by atoms with Crippen LogP contribution in [0, 0.1) is 5.92 Å². The van der Waals surface area contributed by atoms with Crippen LogP contribution in [0.25, 0.3) is 23.3 Å². The van der Waals surface area contributed by atoms with E-state index in [2.05, 4.69) is 158 Å². The standard InChI is InChI=1S/C41H41N3.C2H6/c1-5-6-13-34-14-7-8-17-40(34)44-29-33(12-9-11-30(2)28-42)20-18-31(3)32(4)19-21-38-27-36(22-23-41(38)44)35-15-10-16-37(26-35)39-24-25-43-39;1-2/h5-11,13-27,29-30,39,43H,1,3-4,12,28,42H2,2H3;1-2H3/b11-9-,13-6-,20-18-,21-19-,33-29-;. The predicted octanol–water partition coefficient (Wildman–Crippen LogP) is 11.0. The molecule has 0 aromatic heterocycles. The van der Waals surface area contributed by atoms with Gasteiger partial charge in [0.2, 0.25) is 0 Å². The van der Waals surface area contributed by atoms with Crippen molar-refractivity contribution in [3.63, 3.8) is 0 Å². The molecule has 2 aliphatic rings. The Morgan fingerprint density at radius 3 is 2.35 bits per heavy atom. The first kappa shape index (κ1) is 33.8. The van der Waals surface area contributed by atoms with Gasteiger partial charge in [0.25, 0.3) is 0 Å². The van der Waals surface area contributed by atoms with Gasteiger partial charge in [0, 0.05) is 6.20 Å². The summed E-state index contributed by atoms with van der Waals surface area (Å²) in [7, 11) is 0. The zero-order valence-electron chi connectivity index (χ0n) is 27.5. The van der Waals surface area contributed by atoms with Crippen molar-refractivity contribution in [2.75, 3.05) is 11.4 Å². The van der Waals surface area contributed by atoms with Crippen molar-refractivity contribution >= 4 is 23.5 Å². The normalized spacial score (nSPS) is 19.1. The van der Waals surface area contributed by atoms with E-state index in [9.17, 15) is 0 Å². The summed E-state index contributed by atoms with van der Waals surface area (Å²) in [6, 6.07) is 24.1. The molecule has 3 nitrogen and oxygen atoms in total. The highest BCUT2D eigenvalue weighted by Gasteiger charge is 2.17. The quantitative estimate of drug-likeness (QED) is 0.188. The van der Waals surface area contributed by atoms with Gasteiger partial charge >= 0.3 is 0 Å². The summed E-state index contributed by atoms with van der Waals surface area (Å²) in [4.78, 5) is 2.29. The molecule has 3 N–H and O–H groups in total. The molecule has 46 heavy (non-hydrogen) atoms. The molecule has 0 saturated carbocycles. The minimum Gasteiger partial charge on any atom is -0.381 e. The number of nitrogens with zero attached hydrogens (tertiary/aromatic N) is 1. The number of hydrogen-bond acceptors (Lipinski definition) is 3. The molecule has 0 aliphatic carbocycles. The largest absolute Gasteiger partial charge is 0.381 e. The molecule has 3 aromatic carbocycles. The Hall–Kier alpha value is -5.12. The fourth-order valence-electron chi connectivity index (χ4n) is 5.14. The van der Waals surface area contributed by atoms with Crippen molar-refractivity contribution in [1.29, 1.82) is 0 Å². The van der Waals surface area contributed by atoms with Crippen LogP contribution in [0.4, 0.5) is 11.4 Å². The van der Waals surface area contributed by atoms with E-state index in [0.717, 1.165) is 51.2 Å². The van der Waals surface area contributed by atoms with E-state index in [1.165, 1.54) is 11.1 Å². The Kier molecular flexibility index (Phi) is 12.3. The Bertz CT molecular complexity index is 1730. The number of benzene rings is 3. The molecule has 2 heterocycles. The van der Waals surface area contributed by atoms with Gasteiger partial charge in [-0.3, -0.25) is 0 Å². The first-order chi connectivity index (χ1) is 22.5. The van der Waals surface area contributed by atoms with E-state index < -0.39 is 0 Å². The third-order valence-electron chi connectivity index (χ3n) is 7.90. The summed E-state index contributed by atoms with van der Waals surface area (Å²) < 4.78 is 0. The van der Waals surface area contributed by atoms with Gasteiger partial charge in [0.1, 0.15) is 0 Å². The number of nitrogens with one attached hydrogen (secondary N) is 1. The van der Waals surface area contributed by atoms with Gasteiger partial charge in [-0.15, -0.1) is 0 Å². The highest BCUT2D eigenvalue weighted by molar-refractivity contribution is 5.84. The molecule has 3 heteroatoms. The number of hydrogen-bond donors (Lipinski definition) is 2. The molecule has 0 fully saturated rings. The number of nitrogens with two attached hydrogens (primary N) is 1. The molecule has 234 valence electrons. The van der Waals surface area contributed by atoms with Crippen LogP contribution < -0.4 is 16.0 Å². The topological polar surface area (TPSA) is 41.3 Å². The van der Waals surface area contributed by atoms with Gasteiger partial charge in [0.15, 0.2) is 0 Å². The van der Waals surface area contributed by atoms with Crippen LogP contribution >= 0.6 is 0 Å². The van der Waals surface area contributed by atoms with Crippen molar-refractivity contribution in [2.24, 2.45) is 11.7 Å². The van der Waals surface area contributed by atoms with Crippen molar-refractivity contribution in [2.45, 2.75) is 33.2 Å². The Balaban J connectivity index is 0.00000235. The maximum absolute atomic E-state index is 5.88. The lowest BCUT2D eigenvalue weighted by Gasteiger charge is -2.26. The number of fused-ring (bicyclic) bond motifs is 1. The molecule has 2 atom stereocenters. The number of allylic oxidation sites excluding steroid dienone is 9. The van der Waals surface area contributed by atoms with E-state index in [-0.39, 0.29) is 6.04 Å². The minimum atomic E-state index is 0.262. The first-order valence-corrected chi connectivity index (χ1v) is 16.1. The van der Waals surface area contributed by atoms with Gasteiger partial charge in [-0.1, -0.05) is 138 Å². The Morgan fingerprint density at radius 1 is 0.891 bits per heavy atom. The zero-order chi connectivity index (χ0) is 32.9. The van der Waals surface area contributed by atoms with Crippen molar-refractivity contribution in [3.05, 3.63) is 181 Å². The molecular formula is C43H47N3. The average molecular weight is 606 g/mol. The van der Waals surface area contributed by atoms with Gasteiger partial charge < -0.3 is 16.0 Å². The fourth-order valence-corrected chi connectivity index (χ4v) is 5.14. The van der Waals surface area contributed by atoms with Crippen LogP contribution in [-0.4, -0.2) is 6.54 Å². The molecule has 0 saturated heterocycles. The number of para-hydroxylation sites is 1. The van der Waals surface area contributed by atoms with Crippen LogP contribution in [-0.2, 0) is 0 Å². The molecule has 5 rings (SSSR count). The Labute approximate surface area is 276 Å². The van der Waals surface area contributed by atoms with Crippen LogP contribution in [0.15, 0.2) is 164 Å². The van der Waals surface area contributed by atoms with Crippen LogP contribution in [0.1, 0.15) is 49.9 Å². The van der Waals surface area contributed by atoms with Gasteiger partial charge in [-0.25, -0.2) is 0 Å². The maximum atomic E-state index is 5.88. The van der Waals surface area contributed by atoms with Crippen LogP contribution in [0.2, 0.25) is 0 Å². The summed E-state index contributed by atoms with van der Waals surface area (Å²) in [5.74, 6) is 0.316. The lowest BCUT2D eigenvalue weighted by molar-refractivity contribution is 0.686. The van der Waals surface area contributed by atoms with E-state index in [4.69, 9.17) is 5.73 Å². The van der Waals surface area contributed by atoms with Crippen molar-refractivity contribution < 1.29 is 0 Å². The molecule has 2 unspecified atom stereocenters.